The van der Waals surface area contributed by atoms with Crippen molar-refractivity contribution >= 4 is 18.6 Å². The van der Waals surface area contributed by atoms with Crippen LogP contribution < -0.4 is 0 Å². The maximum atomic E-state index is 5.34. The van der Waals surface area contributed by atoms with E-state index in [0.717, 1.165) is 0 Å². The molecule has 13 heavy (non-hydrogen) atoms. The van der Waals surface area contributed by atoms with Crippen molar-refractivity contribution in [2.75, 3.05) is 28.4 Å². The van der Waals surface area contributed by atoms with Gasteiger partial charge in [-0.15, -0.1) is 0 Å². The van der Waals surface area contributed by atoms with E-state index in [1.54, 1.807) is 28.4 Å². The van der Waals surface area contributed by atoms with Gasteiger partial charge in [-0.1, -0.05) is 13.8 Å². The molecule has 0 aliphatic rings. The van der Waals surface area contributed by atoms with Gasteiger partial charge in [-0.05, 0) is 0 Å². The van der Waals surface area contributed by atoms with Crippen molar-refractivity contribution in [2.45, 2.75) is 18.5 Å². The molecule has 0 aromatic heterocycles. The molecule has 0 aromatic rings. The van der Waals surface area contributed by atoms with Gasteiger partial charge in [-0.25, -0.2) is 0 Å². The minimum atomic E-state index is -1.68. The Morgan fingerprint density at radius 2 is 0.923 bits per heavy atom. The molecule has 0 aliphatic heterocycles. The van der Waals surface area contributed by atoms with Gasteiger partial charge in [0.1, 0.15) is 0 Å². The predicted octanol–water partition coefficient (Wildman–Crippen LogP) is 0.332. The quantitative estimate of drug-likeness (QED) is 0.610. The zero-order chi connectivity index (χ0) is 10.5. The third-order valence-corrected chi connectivity index (χ3v) is 7.85. The van der Waals surface area contributed by atoms with Crippen LogP contribution in [-0.4, -0.2) is 47.0 Å². The molecule has 0 spiro atoms. The third kappa shape index (κ3) is 3.15. The molecule has 4 nitrogen and oxygen atoms in total. The second kappa shape index (κ2) is 5.89. The Hall–Kier alpha value is 0.274. The lowest BCUT2D eigenvalue weighted by Gasteiger charge is -2.33. The average Bonchev–Trinajstić information content (AvgIpc) is 2.07. The highest BCUT2D eigenvalue weighted by atomic mass is 28.4. The summed E-state index contributed by atoms with van der Waals surface area (Å²) in [4.78, 5) is 0. The van der Waals surface area contributed by atoms with Gasteiger partial charge in [0.25, 0.3) is 0 Å². The van der Waals surface area contributed by atoms with Crippen LogP contribution in [0, 0.1) is 0 Å². The van der Waals surface area contributed by atoms with E-state index < -0.39 is 18.6 Å². The Morgan fingerprint density at radius 1 is 0.692 bits per heavy atom. The van der Waals surface area contributed by atoms with Crippen LogP contribution in [0.5, 0.6) is 0 Å². The zero-order valence-electron chi connectivity index (χ0n) is 9.29. The normalized spacial score (nSPS) is 12.9. The lowest BCUT2D eigenvalue weighted by Crippen LogP contribution is -2.46. The molecule has 0 amide bonds. The largest absolute Gasteiger partial charge is 0.400 e. The summed E-state index contributed by atoms with van der Waals surface area (Å²) in [5.74, 6) is 0. The maximum Gasteiger partial charge on any atom is 0.328 e. The Labute approximate surface area is 83.8 Å². The van der Waals surface area contributed by atoms with Crippen molar-refractivity contribution in [3.63, 3.8) is 0 Å². The van der Waals surface area contributed by atoms with Gasteiger partial charge in [-0.3, -0.25) is 0 Å². The Balaban J connectivity index is 4.48. The average molecular weight is 224 g/mol. The molecule has 6 heteroatoms. The first kappa shape index (κ1) is 13.3. The molecular weight excluding hydrogens is 204 g/mol. The first-order valence-electron chi connectivity index (χ1n) is 4.15. The summed E-state index contributed by atoms with van der Waals surface area (Å²) in [5, 5.41) is 0. The molecule has 0 unspecified atom stereocenters. The molecular formula is C7H20O4Si2. The molecule has 0 atom stereocenters. The van der Waals surface area contributed by atoms with Crippen molar-refractivity contribution in [3.05, 3.63) is 0 Å². The summed E-state index contributed by atoms with van der Waals surface area (Å²) in [6, 6.07) is 0. The lowest BCUT2D eigenvalue weighted by atomic mass is 10.5. The summed E-state index contributed by atoms with van der Waals surface area (Å²) >= 11 is 0. The van der Waals surface area contributed by atoms with E-state index in [4.69, 9.17) is 17.7 Å². The fourth-order valence-corrected chi connectivity index (χ4v) is 6.86. The molecule has 0 radical (unpaired) electrons. The van der Waals surface area contributed by atoms with Crippen LogP contribution in [0.25, 0.3) is 0 Å². The Bertz CT molecular complexity index is 120. The molecule has 0 N–H and O–H groups in total. The molecule has 0 heterocycles. The molecule has 0 saturated heterocycles. The molecule has 0 bridgehead atoms. The molecule has 80 valence electrons. The summed E-state index contributed by atoms with van der Waals surface area (Å²) in [6.45, 7) is 4.17. The highest BCUT2D eigenvalue weighted by Gasteiger charge is 2.43. The van der Waals surface area contributed by atoms with Crippen molar-refractivity contribution in [1.82, 2.24) is 0 Å². The van der Waals surface area contributed by atoms with Crippen LogP contribution in [0.2, 0.25) is 4.66 Å². The van der Waals surface area contributed by atoms with Gasteiger partial charge >= 0.3 is 18.6 Å². The van der Waals surface area contributed by atoms with E-state index in [9.17, 15) is 0 Å². The minimum Gasteiger partial charge on any atom is -0.400 e. The highest BCUT2D eigenvalue weighted by Crippen LogP contribution is 2.32. The first-order chi connectivity index (χ1) is 6.04. The summed E-state index contributed by atoms with van der Waals surface area (Å²) in [5.41, 5.74) is 0. The minimum absolute atomic E-state index is 0.0764. The van der Waals surface area contributed by atoms with Crippen molar-refractivity contribution in [1.29, 1.82) is 0 Å². The van der Waals surface area contributed by atoms with Crippen LogP contribution in [0.15, 0.2) is 0 Å². The van der Waals surface area contributed by atoms with E-state index in [-0.39, 0.29) is 4.66 Å². The molecule has 0 fully saturated rings. The third-order valence-electron chi connectivity index (χ3n) is 2.07. The van der Waals surface area contributed by atoms with Crippen molar-refractivity contribution < 1.29 is 17.7 Å². The number of rotatable bonds is 6. The van der Waals surface area contributed by atoms with Gasteiger partial charge in [0.15, 0.2) is 0 Å². The number of hydrogen-bond donors (Lipinski definition) is 0. The van der Waals surface area contributed by atoms with Crippen LogP contribution >= 0.6 is 0 Å². The van der Waals surface area contributed by atoms with E-state index >= 15 is 0 Å². The van der Waals surface area contributed by atoms with Crippen LogP contribution in [0.4, 0.5) is 0 Å². The van der Waals surface area contributed by atoms with Gasteiger partial charge in [0.2, 0.25) is 0 Å². The fraction of sp³-hybridized carbons (Fsp3) is 1.00. The van der Waals surface area contributed by atoms with Gasteiger partial charge < -0.3 is 17.7 Å². The number of hydrogen-bond acceptors (Lipinski definition) is 4. The maximum absolute atomic E-state index is 5.34. The molecule has 0 aliphatic carbocycles. The predicted molar refractivity (Wildman–Crippen MR) is 56.4 cm³/mol. The zero-order valence-corrected chi connectivity index (χ0v) is 11.6. The van der Waals surface area contributed by atoms with Crippen molar-refractivity contribution in [3.8, 4) is 0 Å². The molecule has 0 saturated carbocycles. The Morgan fingerprint density at radius 3 is 1.08 bits per heavy atom. The molecule has 0 rings (SSSR count). The van der Waals surface area contributed by atoms with Crippen LogP contribution in [0.3, 0.4) is 0 Å². The lowest BCUT2D eigenvalue weighted by molar-refractivity contribution is 0.223. The van der Waals surface area contributed by atoms with Crippen LogP contribution in [-0.2, 0) is 17.7 Å². The second-order valence-electron chi connectivity index (χ2n) is 3.43. The van der Waals surface area contributed by atoms with Gasteiger partial charge in [-0.2, -0.15) is 0 Å². The first-order valence-corrected chi connectivity index (χ1v) is 7.19. The van der Waals surface area contributed by atoms with Crippen LogP contribution in [0.1, 0.15) is 13.8 Å². The van der Waals surface area contributed by atoms with E-state index in [0.29, 0.717) is 0 Å². The van der Waals surface area contributed by atoms with E-state index in [2.05, 4.69) is 13.8 Å². The fourth-order valence-electron chi connectivity index (χ4n) is 1.52. The van der Waals surface area contributed by atoms with Gasteiger partial charge in [0, 0.05) is 33.1 Å². The second-order valence-corrected chi connectivity index (χ2v) is 10.3. The van der Waals surface area contributed by atoms with E-state index in [1.807, 2.05) is 0 Å². The summed E-state index contributed by atoms with van der Waals surface area (Å²) < 4.78 is 21.3. The van der Waals surface area contributed by atoms with Gasteiger partial charge in [0.05, 0.1) is 0 Å². The summed E-state index contributed by atoms with van der Waals surface area (Å²) in [6.07, 6.45) is 0. The van der Waals surface area contributed by atoms with E-state index in [1.165, 1.54) is 0 Å². The standard InChI is InChI=1S/C7H20O4Si2/c1-7(2,12(8-3)9-4)13(10-5)11-6/h12-13H,1-6H3. The topological polar surface area (TPSA) is 36.9 Å². The SMILES string of the molecule is CO[SiH](OC)C(C)(C)[SiH](OC)OC. The Kier molecular flexibility index (Phi) is 6.01. The monoisotopic (exact) mass is 224 g/mol. The highest BCUT2D eigenvalue weighted by molar-refractivity contribution is 6.70. The summed E-state index contributed by atoms with van der Waals surface area (Å²) in [7, 11) is 3.35. The molecule has 0 aromatic carbocycles. The smallest absolute Gasteiger partial charge is 0.328 e. The van der Waals surface area contributed by atoms with Crippen molar-refractivity contribution in [2.24, 2.45) is 0 Å².